The molecule has 2 aromatic rings. The molecule has 9 nitrogen and oxygen atoms in total. The summed E-state index contributed by atoms with van der Waals surface area (Å²) in [4.78, 5) is 16.4. The quantitative estimate of drug-likeness (QED) is 0.586. The third-order valence-electron chi connectivity index (χ3n) is 6.46. The van der Waals surface area contributed by atoms with Crippen molar-refractivity contribution in [2.75, 3.05) is 43.9 Å². The summed E-state index contributed by atoms with van der Waals surface area (Å²) in [5.74, 6) is -0.325. The number of primary sulfonamides is 1. The summed E-state index contributed by atoms with van der Waals surface area (Å²) in [6.07, 6.45) is 4.28. The number of nitrogens with zero attached hydrogens (tertiary/aromatic N) is 2. The number of sulfone groups is 1. The van der Waals surface area contributed by atoms with Crippen molar-refractivity contribution in [1.29, 1.82) is 0 Å². The lowest BCUT2D eigenvalue weighted by atomic mass is 9.86. The van der Waals surface area contributed by atoms with Gasteiger partial charge in [0.25, 0.3) is 5.91 Å². The first-order valence-corrected chi connectivity index (χ1v) is 14.7. The van der Waals surface area contributed by atoms with Crippen LogP contribution in [0.5, 0.6) is 5.75 Å². The average Bonchev–Trinajstić information content (AvgIpc) is 2.76. The molecule has 1 saturated carbocycles. The number of hydrogen-bond acceptors (Lipinski definition) is 7. The van der Waals surface area contributed by atoms with Gasteiger partial charge >= 0.3 is 0 Å². The van der Waals surface area contributed by atoms with Crippen LogP contribution in [-0.4, -0.2) is 66.7 Å². The van der Waals surface area contributed by atoms with E-state index in [0.29, 0.717) is 31.4 Å². The number of rotatable bonds is 7. The van der Waals surface area contributed by atoms with Gasteiger partial charge in [-0.3, -0.25) is 4.79 Å². The topological polar surface area (TPSA) is 127 Å². The van der Waals surface area contributed by atoms with Crippen LogP contribution in [0.3, 0.4) is 0 Å². The van der Waals surface area contributed by atoms with E-state index < -0.39 is 31.6 Å². The number of hydrogen-bond donors (Lipinski definition) is 1. The van der Waals surface area contributed by atoms with Gasteiger partial charge in [-0.25, -0.2) is 26.4 Å². The maximum Gasteiger partial charge on any atom is 0.257 e. The highest BCUT2D eigenvalue weighted by molar-refractivity contribution is 7.90. The smallest absolute Gasteiger partial charge is 0.257 e. The second-order valence-electron chi connectivity index (χ2n) is 8.98. The lowest BCUT2D eigenvalue weighted by Crippen LogP contribution is -2.49. The zero-order chi connectivity index (χ0) is 25.4. The molecule has 4 rings (SSSR count). The Morgan fingerprint density at radius 1 is 1.03 bits per heavy atom. The van der Waals surface area contributed by atoms with Gasteiger partial charge in [-0.1, -0.05) is 6.42 Å². The summed E-state index contributed by atoms with van der Waals surface area (Å²) in [6.45, 7) is 1.59. The number of halogens is 1. The van der Waals surface area contributed by atoms with Crippen LogP contribution < -0.4 is 14.8 Å². The van der Waals surface area contributed by atoms with Crippen LogP contribution in [0.1, 0.15) is 29.6 Å². The Morgan fingerprint density at radius 2 is 1.69 bits per heavy atom. The first-order chi connectivity index (χ1) is 16.4. The average molecular weight is 526 g/mol. The lowest BCUT2D eigenvalue weighted by Gasteiger charge is -2.36. The Kier molecular flexibility index (Phi) is 7.07. The van der Waals surface area contributed by atoms with Gasteiger partial charge in [0.1, 0.15) is 11.6 Å². The van der Waals surface area contributed by atoms with E-state index in [1.54, 1.807) is 9.80 Å². The van der Waals surface area contributed by atoms with Crippen LogP contribution in [0.25, 0.3) is 0 Å². The molecule has 1 heterocycles. The molecular weight excluding hydrogens is 497 g/mol. The number of amides is 1. The van der Waals surface area contributed by atoms with Crippen molar-refractivity contribution in [2.24, 2.45) is 11.1 Å². The third-order valence-corrected chi connectivity index (χ3v) is 8.49. The molecule has 12 heteroatoms. The van der Waals surface area contributed by atoms with E-state index in [4.69, 9.17) is 9.88 Å². The number of carbonyl (C=O) groups is 1. The standard InChI is InChI=1S/C23H28FN3O6S2/c1-34(29,30)17-5-7-21(20(24)14-17)26-9-11-27(12-10-26)23(28)19-13-18(35(25,31)32)6-8-22(19)33-15-16-3-2-4-16/h5-8,13-14,16H,2-4,9-12,15H2,1H3,(H2,25,31,32). The molecule has 1 aliphatic carbocycles. The highest BCUT2D eigenvalue weighted by atomic mass is 32.2. The zero-order valence-corrected chi connectivity index (χ0v) is 20.9. The number of ether oxygens (including phenoxy) is 1. The highest BCUT2D eigenvalue weighted by Crippen LogP contribution is 2.30. The van der Waals surface area contributed by atoms with E-state index in [0.717, 1.165) is 31.6 Å². The van der Waals surface area contributed by atoms with E-state index in [1.807, 2.05) is 0 Å². The Hall–Kier alpha value is -2.70. The van der Waals surface area contributed by atoms with Crippen LogP contribution in [0.4, 0.5) is 10.1 Å². The Balaban J connectivity index is 1.50. The van der Waals surface area contributed by atoms with E-state index in [-0.39, 0.29) is 34.1 Å². The molecule has 190 valence electrons. The summed E-state index contributed by atoms with van der Waals surface area (Å²) >= 11 is 0. The number of sulfonamides is 1. The predicted octanol–water partition coefficient (Wildman–Crippen LogP) is 2.02. The Bertz CT molecular complexity index is 1340. The van der Waals surface area contributed by atoms with Crippen LogP contribution >= 0.6 is 0 Å². The molecular formula is C23H28FN3O6S2. The van der Waals surface area contributed by atoms with Crippen LogP contribution in [0.2, 0.25) is 0 Å². The molecule has 0 atom stereocenters. The van der Waals surface area contributed by atoms with Crippen LogP contribution in [-0.2, 0) is 19.9 Å². The fourth-order valence-corrected chi connectivity index (χ4v) is 5.31. The minimum absolute atomic E-state index is 0.100. The fourth-order valence-electron chi connectivity index (χ4n) is 4.14. The van der Waals surface area contributed by atoms with Gasteiger partial charge in [-0.2, -0.15) is 0 Å². The molecule has 0 bridgehead atoms. The number of benzene rings is 2. The van der Waals surface area contributed by atoms with Crippen molar-refractivity contribution >= 4 is 31.5 Å². The number of nitrogens with two attached hydrogens (primary N) is 1. The molecule has 0 radical (unpaired) electrons. The van der Waals surface area contributed by atoms with E-state index in [1.165, 1.54) is 30.3 Å². The van der Waals surface area contributed by atoms with Crippen molar-refractivity contribution in [2.45, 2.75) is 29.1 Å². The fraction of sp³-hybridized carbons (Fsp3) is 0.435. The maximum absolute atomic E-state index is 14.6. The third kappa shape index (κ3) is 5.76. The normalized spacial score (nSPS) is 17.2. The molecule has 2 fully saturated rings. The predicted molar refractivity (Wildman–Crippen MR) is 128 cm³/mol. The van der Waals surface area contributed by atoms with E-state index in [2.05, 4.69) is 0 Å². The zero-order valence-electron chi connectivity index (χ0n) is 19.3. The van der Waals surface area contributed by atoms with Crippen molar-refractivity contribution in [3.63, 3.8) is 0 Å². The van der Waals surface area contributed by atoms with Crippen molar-refractivity contribution < 1.29 is 30.8 Å². The molecule has 2 aromatic carbocycles. The molecule has 0 aromatic heterocycles. The van der Waals surface area contributed by atoms with Gasteiger partial charge in [-0.15, -0.1) is 0 Å². The first kappa shape index (κ1) is 25.4. The van der Waals surface area contributed by atoms with E-state index in [9.17, 15) is 26.0 Å². The summed E-state index contributed by atoms with van der Waals surface area (Å²) in [5, 5.41) is 5.27. The Labute approximate surface area is 204 Å². The molecule has 0 spiro atoms. The molecule has 2 N–H and O–H groups in total. The highest BCUT2D eigenvalue weighted by Gasteiger charge is 2.28. The monoisotopic (exact) mass is 525 g/mol. The van der Waals surface area contributed by atoms with Gasteiger partial charge in [0, 0.05) is 32.4 Å². The molecule has 1 aliphatic heterocycles. The summed E-state index contributed by atoms with van der Waals surface area (Å²) in [5.41, 5.74) is 0.373. The van der Waals surface area contributed by atoms with Crippen molar-refractivity contribution in [1.82, 2.24) is 4.90 Å². The number of anilines is 1. The van der Waals surface area contributed by atoms with Gasteiger partial charge in [0.2, 0.25) is 10.0 Å². The van der Waals surface area contributed by atoms with Gasteiger partial charge in [0.05, 0.1) is 27.6 Å². The molecule has 35 heavy (non-hydrogen) atoms. The molecule has 0 unspecified atom stereocenters. The largest absolute Gasteiger partial charge is 0.492 e. The van der Waals surface area contributed by atoms with E-state index >= 15 is 0 Å². The summed E-state index contributed by atoms with van der Waals surface area (Å²) < 4.78 is 67.5. The van der Waals surface area contributed by atoms with Crippen LogP contribution in [0, 0.1) is 11.7 Å². The number of carbonyl (C=O) groups excluding carboxylic acids is 1. The maximum atomic E-state index is 14.6. The van der Waals surface area contributed by atoms with Gasteiger partial charge in [0.15, 0.2) is 9.84 Å². The van der Waals surface area contributed by atoms with Gasteiger partial charge in [-0.05, 0) is 55.2 Å². The first-order valence-electron chi connectivity index (χ1n) is 11.3. The van der Waals surface area contributed by atoms with Gasteiger partial charge < -0.3 is 14.5 Å². The second-order valence-corrected chi connectivity index (χ2v) is 12.6. The number of piperazine rings is 1. The SMILES string of the molecule is CS(=O)(=O)c1ccc(N2CCN(C(=O)c3cc(S(N)(=O)=O)ccc3OCC3CCC3)CC2)c(F)c1. The van der Waals surface area contributed by atoms with Crippen LogP contribution in [0.15, 0.2) is 46.2 Å². The molecule has 1 saturated heterocycles. The van der Waals surface area contributed by atoms with Crippen molar-refractivity contribution in [3.05, 3.63) is 47.8 Å². The molecule has 2 aliphatic rings. The summed E-state index contributed by atoms with van der Waals surface area (Å²) in [6, 6.07) is 7.79. The minimum Gasteiger partial charge on any atom is -0.492 e. The minimum atomic E-state index is -4.01. The summed E-state index contributed by atoms with van der Waals surface area (Å²) in [7, 11) is -7.54. The van der Waals surface area contributed by atoms with Crippen molar-refractivity contribution in [3.8, 4) is 5.75 Å². The second kappa shape index (κ2) is 9.75. The molecule has 1 amide bonds. The Morgan fingerprint density at radius 3 is 2.23 bits per heavy atom. The lowest BCUT2D eigenvalue weighted by molar-refractivity contribution is 0.0739.